The quantitative estimate of drug-likeness (QED) is 0.839. The van der Waals surface area contributed by atoms with Gasteiger partial charge in [0.05, 0.1) is 0 Å². The van der Waals surface area contributed by atoms with Crippen molar-refractivity contribution < 1.29 is 9.59 Å². The van der Waals surface area contributed by atoms with Gasteiger partial charge in [-0.15, -0.1) is 0 Å². The fraction of sp³-hybridized carbons (Fsp3) is 0.467. The van der Waals surface area contributed by atoms with Gasteiger partial charge in [0.25, 0.3) is 0 Å². The van der Waals surface area contributed by atoms with Crippen molar-refractivity contribution in [2.45, 2.75) is 26.7 Å². The average molecular weight is 260 g/mol. The second-order valence-corrected chi connectivity index (χ2v) is 5.20. The lowest BCUT2D eigenvalue weighted by molar-refractivity contribution is -0.121. The second kappa shape index (κ2) is 5.53. The number of Topliss-reactive ketones (excluding diaryl/α,β-unsaturated/α-hetero) is 1. The van der Waals surface area contributed by atoms with Crippen LogP contribution in [0, 0.1) is 5.92 Å². The van der Waals surface area contributed by atoms with E-state index in [9.17, 15) is 9.59 Å². The molecule has 4 nitrogen and oxygen atoms in total. The standard InChI is InChI=1S/C15H20N2O2/c1-10(2)15(19)17-8-6-11-9-12(3-4-13(11)17)14(18)5-7-16/h3-4,9-10H,5-8,16H2,1-2H3. The van der Waals surface area contributed by atoms with Gasteiger partial charge in [-0.3, -0.25) is 9.59 Å². The molecule has 1 aromatic rings. The van der Waals surface area contributed by atoms with Gasteiger partial charge in [-0.05, 0) is 36.7 Å². The number of hydrogen-bond donors (Lipinski definition) is 1. The third-order valence-corrected chi connectivity index (χ3v) is 3.43. The van der Waals surface area contributed by atoms with Crippen molar-refractivity contribution in [3.63, 3.8) is 0 Å². The summed E-state index contributed by atoms with van der Waals surface area (Å²) in [5, 5.41) is 0. The summed E-state index contributed by atoms with van der Waals surface area (Å²) >= 11 is 0. The van der Waals surface area contributed by atoms with Gasteiger partial charge in [0.15, 0.2) is 5.78 Å². The zero-order chi connectivity index (χ0) is 14.0. The molecule has 2 rings (SSSR count). The summed E-state index contributed by atoms with van der Waals surface area (Å²) in [6, 6.07) is 5.58. The third-order valence-electron chi connectivity index (χ3n) is 3.43. The first kappa shape index (κ1) is 13.7. The van der Waals surface area contributed by atoms with Crippen LogP contribution < -0.4 is 10.6 Å². The van der Waals surface area contributed by atoms with Gasteiger partial charge < -0.3 is 10.6 Å². The van der Waals surface area contributed by atoms with Crippen LogP contribution >= 0.6 is 0 Å². The monoisotopic (exact) mass is 260 g/mol. The average Bonchev–Trinajstić information content (AvgIpc) is 2.80. The molecule has 19 heavy (non-hydrogen) atoms. The normalized spacial score (nSPS) is 13.8. The van der Waals surface area contributed by atoms with Crippen LogP contribution in [0.2, 0.25) is 0 Å². The number of hydrogen-bond acceptors (Lipinski definition) is 3. The molecule has 1 aromatic carbocycles. The molecule has 0 unspecified atom stereocenters. The van der Waals surface area contributed by atoms with Crippen LogP contribution in [0.15, 0.2) is 18.2 Å². The topological polar surface area (TPSA) is 63.4 Å². The molecule has 2 N–H and O–H groups in total. The van der Waals surface area contributed by atoms with Crippen molar-refractivity contribution in [1.82, 2.24) is 0 Å². The van der Waals surface area contributed by atoms with Crippen molar-refractivity contribution >= 4 is 17.4 Å². The highest BCUT2D eigenvalue weighted by Gasteiger charge is 2.26. The van der Waals surface area contributed by atoms with Crippen LogP contribution in [0.3, 0.4) is 0 Å². The summed E-state index contributed by atoms with van der Waals surface area (Å²) in [5.41, 5.74) is 8.13. The molecule has 0 spiro atoms. The second-order valence-electron chi connectivity index (χ2n) is 5.20. The van der Waals surface area contributed by atoms with E-state index in [2.05, 4.69) is 0 Å². The number of amides is 1. The van der Waals surface area contributed by atoms with Crippen LogP contribution in [0.4, 0.5) is 5.69 Å². The molecular formula is C15H20N2O2. The van der Waals surface area contributed by atoms with Gasteiger partial charge in [0, 0.05) is 30.1 Å². The lowest BCUT2D eigenvalue weighted by atomic mass is 10.0. The summed E-state index contributed by atoms with van der Waals surface area (Å²) in [5.74, 6) is 0.197. The molecule has 0 bridgehead atoms. The molecule has 0 radical (unpaired) electrons. The predicted molar refractivity (Wildman–Crippen MR) is 75.3 cm³/mol. The molecule has 0 saturated heterocycles. The summed E-state index contributed by atoms with van der Waals surface area (Å²) in [6.07, 6.45) is 1.19. The molecule has 1 heterocycles. The number of rotatable bonds is 4. The Kier molecular flexibility index (Phi) is 4.00. The maximum atomic E-state index is 12.1. The zero-order valence-corrected chi connectivity index (χ0v) is 11.5. The number of nitrogens with two attached hydrogens (primary N) is 1. The first-order valence-electron chi connectivity index (χ1n) is 6.72. The van der Waals surface area contributed by atoms with E-state index in [0.29, 0.717) is 25.1 Å². The molecule has 0 aromatic heterocycles. The van der Waals surface area contributed by atoms with Crippen molar-refractivity contribution in [3.8, 4) is 0 Å². The molecule has 0 aliphatic carbocycles. The van der Waals surface area contributed by atoms with Crippen LogP contribution in [-0.4, -0.2) is 24.8 Å². The van der Waals surface area contributed by atoms with E-state index in [-0.39, 0.29) is 17.6 Å². The van der Waals surface area contributed by atoms with E-state index in [1.807, 2.05) is 30.9 Å². The molecule has 0 saturated carbocycles. The smallest absolute Gasteiger partial charge is 0.229 e. The minimum atomic E-state index is -0.00972. The molecule has 4 heteroatoms. The van der Waals surface area contributed by atoms with Crippen molar-refractivity contribution in [2.75, 3.05) is 18.0 Å². The Morgan fingerprint density at radius 3 is 2.74 bits per heavy atom. The fourth-order valence-electron chi connectivity index (χ4n) is 2.39. The predicted octanol–water partition coefficient (Wildman–Crippen LogP) is 1.76. The van der Waals surface area contributed by atoms with Crippen LogP contribution in [0.1, 0.15) is 36.2 Å². The number of anilines is 1. The van der Waals surface area contributed by atoms with Gasteiger partial charge >= 0.3 is 0 Å². The third kappa shape index (κ3) is 2.68. The maximum absolute atomic E-state index is 12.1. The van der Waals surface area contributed by atoms with Crippen molar-refractivity contribution in [2.24, 2.45) is 11.7 Å². The number of benzene rings is 1. The number of fused-ring (bicyclic) bond motifs is 1. The maximum Gasteiger partial charge on any atom is 0.229 e. The highest BCUT2D eigenvalue weighted by atomic mass is 16.2. The molecule has 0 atom stereocenters. The van der Waals surface area contributed by atoms with E-state index in [4.69, 9.17) is 5.73 Å². The summed E-state index contributed by atoms with van der Waals surface area (Å²) < 4.78 is 0. The molecule has 1 aliphatic heterocycles. The molecule has 0 fully saturated rings. The van der Waals surface area contributed by atoms with Gasteiger partial charge in [-0.1, -0.05) is 13.8 Å². The molecule has 1 amide bonds. The molecule has 1 aliphatic rings. The van der Waals surface area contributed by atoms with E-state index >= 15 is 0 Å². The lowest BCUT2D eigenvalue weighted by Crippen LogP contribution is -2.32. The largest absolute Gasteiger partial charge is 0.330 e. The highest BCUT2D eigenvalue weighted by molar-refractivity contribution is 6.00. The fourth-order valence-corrected chi connectivity index (χ4v) is 2.39. The number of carbonyl (C=O) groups is 2. The Balaban J connectivity index is 2.25. The minimum Gasteiger partial charge on any atom is -0.330 e. The lowest BCUT2D eigenvalue weighted by Gasteiger charge is -2.19. The van der Waals surface area contributed by atoms with Crippen molar-refractivity contribution in [3.05, 3.63) is 29.3 Å². The number of ketones is 1. The molecular weight excluding hydrogens is 240 g/mol. The summed E-state index contributed by atoms with van der Waals surface area (Å²) in [7, 11) is 0. The highest BCUT2D eigenvalue weighted by Crippen LogP contribution is 2.30. The first-order valence-corrected chi connectivity index (χ1v) is 6.72. The zero-order valence-electron chi connectivity index (χ0n) is 11.5. The van der Waals surface area contributed by atoms with E-state index in [1.54, 1.807) is 6.07 Å². The van der Waals surface area contributed by atoms with Crippen LogP contribution in [0.5, 0.6) is 0 Å². The SMILES string of the molecule is CC(C)C(=O)N1CCc2cc(C(=O)CCN)ccc21. The Morgan fingerprint density at radius 1 is 1.37 bits per heavy atom. The van der Waals surface area contributed by atoms with Crippen LogP contribution in [0.25, 0.3) is 0 Å². The summed E-state index contributed by atoms with van der Waals surface area (Å²) in [4.78, 5) is 25.7. The Bertz CT molecular complexity index is 509. The van der Waals surface area contributed by atoms with Gasteiger partial charge in [0.2, 0.25) is 5.91 Å². The van der Waals surface area contributed by atoms with E-state index < -0.39 is 0 Å². The molecule has 102 valence electrons. The number of carbonyl (C=O) groups excluding carboxylic acids is 2. The Labute approximate surface area is 113 Å². The Hall–Kier alpha value is -1.68. The van der Waals surface area contributed by atoms with Gasteiger partial charge in [-0.2, -0.15) is 0 Å². The van der Waals surface area contributed by atoms with Gasteiger partial charge in [0.1, 0.15) is 0 Å². The Morgan fingerprint density at radius 2 is 2.11 bits per heavy atom. The first-order chi connectivity index (χ1) is 9.04. The number of nitrogens with zero attached hydrogens (tertiary/aromatic N) is 1. The van der Waals surface area contributed by atoms with Gasteiger partial charge in [-0.25, -0.2) is 0 Å². The van der Waals surface area contributed by atoms with Crippen LogP contribution in [-0.2, 0) is 11.2 Å². The summed E-state index contributed by atoms with van der Waals surface area (Å²) in [6.45, 7) is 4.88. The van der Waals surface area contributed by atoms with Crippen molar-refractivity contribution in [1.29, 1.82) is 0 Å². The van der Waals surface area contributed by atoms with E-state index in [0.717, 1.165) is 17.7 Å². The minimum absolute atomic E-state index is 0.00972. The van der Waals surface area contributed by atoms with E-state index in [1.165, 1.54) is 0 Å².